The smallest absolute Gasteiger partial charge is 0.247 e. The average Bonchev–Trinajstić information content (AvgIpc) is 3.50. The van der Waals surface area contributed by atoms with Crippen LogP contribution in [0.5, 0.6) is 0 Å². The standard InChI is InChI=1S/C26H29ClN10O/c1-15-20(6-9-38-15)31-18-4-7-36(8-5-18)22-11-16(12-28)10-21(23(22)27)33-26-34-24(32-17-2-3-17)25-30-14-19(13-29)37(25)35-26/h10-11,14-15,17-18,20,31H,2-9H2,1H3,(H2,32,33,34,35)/t15-,20+/m1/s1. The van der Waals surface area contributed by atoms with Gasteiger partial charge in [-0.15, -0.1) is 5.10 Å². The molecule has 2 atom stereocenters. The van der Waals surface area contributed by atoms with Crippen molar-refractivity contribution in [3.8, 4) is 12.1 Å². The summed E-state index contributed by atoms with van der Waals surface area (Å²) in [6, 6.07) is 9.06. The number of rotatable bonds is 7. The Labute approximate surface area is 225 Å². The van der Waals surface area contributed by atoms with Crippen molar-refractivity contribution >= 4 is 40.4 Å². The average molecular weight is 533 g/mol. The minimum atomic E-state index is 0.247. The van der Waals surface area contributed by atoms with E-state index in [0.717, 1.165) is 57.5 Å². The van der Waals surface area contributed by atoms with Crippen molar-refractivity contribution in [2.24, 2.45) is 0 Å². The van der Waals surface area contributed by atoms with E-state index in [1.54, 1.807) is 6.07 Å². The summed E-state index contributed by atoms with van der Waals surface area (Å²) in [6.45, 7) is 4.59. The molecule has 6 rings (SSSR count). The van der Waals surface area contributed by atoms with E-state index >= 15 is 0 Å². The number of hydrogen-bond donors (Lipinski definition) is 3. The second-order valence-corrected chi connectivity index (χ2v) is 10.6. The van der Waals surface area contributed by atoms with E-state index in [1.165, 1.54) is 10.7 Å². The van der Waals surface area contributed by atoms with Crippen LogP contribution in [0.4, 0.5) is 23.1 Å². The molecule has 1 aromatic carbocycles. The molecule has 2 aromatic heterocycles. The fourth-order valence-corrected chi connectivity index (χ4v) is 5.46. The first kappa shape index (κ1) is 24.7. The first-order valence-electron chi connectivity index (χ1n) is 13.1. The molecule has 196 valence electrons. The van der Waals surface area contributed by atoms with Gasteiger partial charge in [-0.1, -0.05) is 11.6 Å². The van der Waals surface area contributed by atoms with Crippen LogP contribution in [0.1, 0.15) is 50.3 Å². The minimum absolute atomic E-state index is 0.247. The molecule has 3 aromatic rings. The monoisotopic (exact) mass is 532 g/mol. The molecule has 3 aliphatic rings. The van der Waals surface area contributed by atoms with Gasteiger partial charge in [0.15, 0.2) is 17.2 Å². The summed E-state index contributed by atoms with van der Waals surface area (Å²) in [5.74, 6) is 0.810. The Morgan fingerprint density at radius 2 is 1.89 bits per heavy atom. The van der Waals surface area contributed by atoms with Gasteiger partial charge in [0.1, 0.15) is 6.07 Å². The predicted molar refractivity (Wildman–Crippen MR) is 144 cm³/mol. The largest absolute Gasteiger partial charge is 0.377 e. The van der Waals surface area contributed by atoms with Gasteiger partial charge < -0.3 is 25.6 Å². The fraction of sp³-hybridized carbons (Fsp3) is 0.500. The molecule has 3 N–H and O–H groups in total. The van der Waals surface area contributed by atoms with Crippen LogP contribution in [0.2, 0.25) is 5.02 Å². The van der Waals surface area contributed by atoms with Gasteiger partial charge in [0.25, 0.3) is 0 Å². The van der Waals surface area contributed by atoms with Gasteiger partial charge in [-0.2, -0.15) is 20.0 Å². The maximum atomic E-state index is 9.75. The van der Waals surface area contributed by atoms with Gasteiger partial charge in [-0.3, -0.25) is 0 Å². The van der Waals surface area contributed by atoms with Gasteiger partial charge >= 0.3 is 0 Å². The number of nitrogens with zero attached hydrogens (tertiary/aromatic N) is 7. The number of nitriles is 2. The first-order valence-corrected chi connectivity index (χ1v) is 13.5. The van der Waals surface area contributed by atoms with E-state index in [-0.39, 0.29) is 12.1 Å². The zero-order valence-corrected chi connectivity index (χ0v) is 21.9. The SMILES string of the molecule is C[C@H]1OCC[C@@H]1NC1CCN(c2cc(C#N)cc(Nc3nc(NC4CC4)c4ncc(C#N)n4n3)c2Cl)CC1. The van der Waals surface area contributed by atoms with E-state index < -0.39 is 0 Å². The Balaban J connectivity index is 1.24. The van der Waals surface area contributed by atoms with Crippen LogP contribution in [0.15, 0.2) is 18.3 Å². The number of imidazole rings is 1. The normalized spacial score (nSPS) is 21.8. The van der Waals surface area contributed by atoms with E-state index in [4.69, 9.17) is 16.3 Å². The topological polar surface area (TPSA) is 139 Å². The zero-order chi connectivity index (χ0) is 26.2. The van der Waals surface area contributed by atoms with Gasteiger partial charge in [0, 0.05) is 37.8 Å². The second kappa shape index (κ2) is 10.3. The molecule has 12 heteroatoms. The van der Waals surface area contributed by atoms with Crippen LogP contribution in [0.3, 0.4) is 0 Å². The second-order valence-electron chi connectivity index (χ2n) is 10.2. The van der Waals surface area contributed by atoms with Crippen molar-refractivity contribution in [3.63, 3.8) is 0 Å². The van der Waals surface area contributed by atoms with Crippen LogP contribution >= 0.6 is 11.6 Å². The fourth-order valence-electron chi connectivity index (χ4n) is 5.18. The molecule has 2 aliphatic heterocycles. The third-order valence-electron chi connectivity index (χ3n) is 7.49. The molecule has 38 heavy (non-hydrogen) atoms. The van der Waals surface area contributed by atoms with Crippen LogP contribution < -0.4 is 20.9 Å². The molecule has 1 aliphatic carbocycles. The molecule has 4 heterocycles. The Hall–Kier alpha value is -3.64. The van der Waals surface area contributed by atoms with Crippen LogP contribution in [-0.4, -0.2) is 63.5 Å². The number of anilines is 4. The molecule has 0 radical (unpaired) electrons. The highest BCUT2D eigenvalue weighted by molar-refractivity contribution is 6.36. The summed E-state index contributed by atoms with van der Waals surface area (Å²) in [6.07, 6.45) is 6.85. The molecular formula is C26H29ClN10O. The Kier molecular flexibility index (Phi) is 6.66. The molecule has 0 bridgehead atoms. The van der Waals surface area contributed by atoms with Crippen molar-refractivity contribution in [2.75, 3.05) is 35.2 Å². The van der Waals surface area contributed by atoms with Crippen molar-refractivity contribution in [3.05, 3.63) is 34.6 Å². The highest BCUT2D eigenvalue weighted by Gasteiger charge is 2.29. The highest BCUT2D eigenvalue weighted by Crippen LogP contribution is 2.37. The number of aromatic nitrogens is 4. The lowest BCUT2D eigenvalue weighted by atomic mass is 10.0. The molecule has 1 saturated carbocycles. The summed E-state index contributed by atoms with van der Waals surface area (Å²) in [5, 5.41) is 34.6. The molecular weight excluding hydrogens is 504 g/mol. The molecule has 0 unspecified atom stereocenters. The maximum absolute atomic E-state index is 9.75. The summed E-state index contributed by atoms with van der Waals surface area (Å²) < 4.78 is 7.17. The van der Waals surface area contributed by atoms with E-state index in [1.807, 2.05) is 6.07 Å². The summed E-state index contributed by atoms with van der Waals surface area (Å²) in [7, 11) is 0. The van der Waals surface area contributed by atoms with Crippen molar-refractivity contribution in [1.29, 1.82) is 10.5 Å². The minimum Gasteiger partial charge on any atom is -0.377 e. The van der Waals surface area contributed by atoms with Crippen molar-refractivity contribution in [2.45, 2.75) is 63.3 Å². The first-order chi connectivity index (χ1) is 18.5. The lowest BCUT2D eigenvalue weighted by molar-refractivity contribution is 0.110. The van der Waals surface area contributed by atoms with Gasteiger partial charge in [0.05, 0.1) is 40.3 Å². The number of piperidine rings is 1. The van der Waals surface area contributed by atoms with Crippen LogP contribution in [0.25, 0.3) is 5.65 Å². The number of fused-ring (bicyclic) bond motifs is 1. The molecule has 0 spiro atoms. The number of halogens is 1. The highest BCUT2D eigenvalue weighted by atomic mass is 35.5. The zero-order valence-electron chi connectivity index (χ0n) is 21.1. The van der Waals surface area contributed by atoms with Crippen molar-refractivity contribution < 1.29 is 4.74 Å². The third-order valence-corrected chi connectivity index (χ3v) is 7.88. The molecule has 3 fully saturated rings. The van der Waals surface area contributed by atoms with Crippen LogP contribution in [-0.2, 0) is 4.74 Å². The van der Waals surface area contributed by atoms with Gasteiger partial charge in [-0.05, 0) is 51.2 Å². The lowest BCUT2D eigenvalue weighted by Gasteiger charge is -2.36. The quantitative estimate of drug-likeness (QED) is 0.413. The lowest BCUT2D eigenvalue weighted by Crippen LogP contribution is -2.48. The number of hydrogen-bond acceptors (Lipinski definition) is 10. The van der Waals surface area contributed by atoms with E-state index in [2.05, 4.69) is 55.0 Å². The Bertz CT molecular complexity index is 1430. The van der Waals surface area contributed by atoms with E-state index in [9.17, 15) is 10.5 Å². The number of nitrogens with one attached hydrogen (secondary N) is 3. The summed E-state index contributed by atoms with van der Waals surface area (Å²) in [5.41, 5.74) is 2.63. The van der Waals surface area contributed by atoms with Crippen LogP contribution in [0, 0.1) is 22.7 Å². The third kappa shape index (κ3) is 4.93. The molecule has 2 saturated heterocycles. The Morgan fingerprint density at radius 3 is 2.58 bits per heavy atom. The number of benzene rings is 1. The summed E-state index contributed by atoms with van der Waals surface area (Å²) in [4.78, 5) is 11.2. The molecule has 0 amide bonds. The number of ether oxygens (including phenoxy) is 1. The van der Waals surface area contributed by atoms with E-state index in [0.29, 0.717) is 51.6 Å². The summed E-state index contributed by atoms with van der Waals surface area (Å²) >= 11 is 6.92. The van der Waals surface area contributed by atoms with Gasteiger partial charge in [-0.25, -0.2) is 4.98 Å². The van der Waals surface area contributed by atoms with Crippen molar-refractivity contribution in [1.82, 2.24) is 24.9 Å². The maximum Gasteiger partial charge on any atom is 0.247 e. The Morgan fingerprint density at radius 1 is 1.08 bits per heavy atom. The predicted octanol–water partition coefficient (Wildman–Crippen LogP) is 3.57. The van der Waals surface area contributed by atoms with Gasteiger partial charge in [0.2, 0.25) is 5.95 Å². The molecule has 11 nitrogen and oxygen atoms in total.